The second kappa shape index (κ2) is 6.43. The zero-order valence-corrected chi connectivity index (χ0v) is 11.7. The van der Waals surface area contributed by atoms with Crippen LogP contribution in [0.2, 0.25) is 0 Å². The predicted molar refractivity (Wildman–Crippen MR) is 78.1 cm³/mol. The first-order chi connectivity index (χ1) is 10.4. The third-order valence-electron chi connectivity index (χ3n) is 2.85. The van der Waals surface area contributed by atoms with Gasteiger partial charge in [-0.2, -0.15) is 13.2 Å². The minimum atomic E-state index is -4.91. The van der Waals surface area contributed by atoms with E-state index in [1.54, 1.807) is 42.5 Å². The van der Waals surface area contributed by atoms with Gasteiger partial charge in [-0.1, -0.05) is 35.9 Å². The maximum absolute atomic E-state index is 12.5. The number of rotatable bonds is 4. The van der Waals surface area contributed by atoms with Crippen LogP contribution in [0, 0.1) is 6.92 Å². The molecule has 0 radical (unpaired) electrons. The predicted octanol–water partition coefficient (Wildman–Crippen LogP) is 3.97. The Morgan fingerprint density at radius 3 is 2.36 bits per heavy atom. The number of benzene rings is 1. The molecule has 0 unspecified atom stereocenters. The molecule has 0 spiro atoms. The number of aryl methyl sites for hydroxylation is 1. The van der Waals surface area contributed by atoms with Gasteiger partial charge in [0.1, 0.15) is 5.82 Å². The Labute approximate surface area is 125 Å². The van der Waals surface area contributed by atoms with E-state index in [2.05, 4.69) is 10.3 Å². The molecule has 0 saturated carbocycles. The maximum atomic E-state index is 12.5. The van der Waals surface area contributed by atoms with Crippen LogP contribution in [0.1, 0.15) is 11.1 Å². The van der Waals surface area contributed by atoms with E-state index in [4.69, 9.17) is 0 Å². The number of alkyl halides is 3. The first-order valence-corrected chi connectivity index (χ1v) is 6.44. The zero-order valence-electron chi connectivity index (χ0n) is 11.7. The lowest BCUT2D eigenvalue weighted by Crippen LogP contribution is -2.21. The largest absolute Gasteiger partial charge is 0.454 e. The Bertz CT molecular complexity index is 677. The van der Waals surface area contributed by atoms with Gasteiger partial charge in [0.2, 0.25) is 0 Å². The summed E-state index contributed by atoms with van der Waals surface area (Å²) in [6.07, 6.45) is -2.87. The lowest BCUT2D eigenvalue weighted by Gasteiger charge is -2.11. The molecule has 6 heteroatoms. The van der Waals surface area contributed by atoms with E-state index >= 15 is 0 Å². The Kier molecular flexibility index (Phi) is 4.60. The van der Waals surface area contributed by atoms with Crippen LogP contribution in [0.15, 0.2) is 54.7 Å². The normalized spacial score (nSPS) is 12.1. The molecular formula is C16H13F3N2O. The van der Waals surface area contributed by atoms with Gasteiger partial charge in [-0.25, -0.2) is 4.98 Å². The highest BCUT2D eigenvalue weighted by molar-refractivity contribution is 6.01. The van der Waals surface area contributed by atoms with E-state index < -0.39 is 12.0 Å². The molecule has 0 aliphatic carbocycles. The molecule has 0 bridgehead atoms. The van der Waals surface area contributed by atoms with Gasteiger partial charge < -0.3 is 5.32 Å². The van der Waals surface area contributed by atoms with Gasteiger partial charge in [-0.3, -0.25) is 4.79 Å². The van der Waals surface area contributed by atoms with Crippen molar-refractivity contribution in [1.29, 1.82) is 0 Å². The average molecular weight is 306 g/mol. The van der Waals surface area contributed by atoms with Gasteiger partial charge in [0.25, 0.3) is 5.78 Å². The number of nitrogens with one attached hydrogen (secondary N) is 1. The fraction of sp³-hybridized carbons (Fsp3) is 0.125. The van der Waals surface area contributed by atoms with Crippen LogP contribution < -0.4 is 5.32 Å². The van der Waals surface area contributed by atoms with Crippen molar-refractivity contribution in [3.05, 3.63) is 65.9 Å². The number of nitrogens with zero attached hydrogens (tertiary/aromatic N) is 1. The van der Waals surface area contributed by atoms with Crippen molar-refractivity contribution in [3.8, 4) is 0 Å². The average Bonchev–Trinajstić information content (AvgIpc) is 2.47. The van der Waals surface area contributed by atoms with Crippen molar-refractivity contribution in [2.24, 2.45) is 0 Å². The maximum Gasteiger partial charge on any atom is 0.454 e. The van der Waals surface area contributed by atoms with Crippen molar-refractivity contribution >= 4 is 17.3 Å². The van der Waals surface area contributed by atoms with Gasteiger partial charge in [-0.05, 0) is 24.6 Å². The number of ketones is 1. The van der Waals surface area contributed by atoms with Gasteiger partial charge in [-0.15, -0.1) is 0 Å². The number of anilines is 1. The molecule has 1 heterocycles. The third kappa shape index (κ3) is 4.18. The second-order valence-electron chi connectivity index (χ2n) is 4.63. The standard InChI is InChI=1S/C16H13F3N2O/c1-11-5-7-12(8-6-11)13(10-14(22)16(17,18)19)21-15-4-2-3-9-20-15/h2-10H,1H3,(H,20,21)/b13-10+. The summed E-state index contributed by atoms with van der Waals surface area (Å²) < 4.78 is 37.5. The quantitative estimate of drug-likeness (QED) is 0.869. The van der Waals surface area contributed by atoms with Crippen LogP contribution in [-0.4, -0.2) is 16.9 Å². The number of hydrogen-bond donors (Lipinski definition) is 1. The highest BCUT2D eigenvalue weighted by Crippen LogP contribution is 2.22. The fourth-order valence-electron chi connectivity index (χ4n) is 1.71. The van der Waals surface area contributed by atoms with Crippen molar-refractivity contribution in [3.63, 3.8) is 0 Å². The summed E-state index contributed by atoms with van der Waals surface area (Å²) in [5.41, 5.74) is 1.47. The molecule has 3 nitrogen and oxygen atoms in total. The highest BCUT2D eigenvalue weighted by Gasteiger charge is 2.36. The first-order valence-electron chi connectivity index (χ1n) is 6.44. The van der Waals surface area contributed by atoms with Crippen LogP contribution >= 0.6 is 0 Å². The summed E-state index contributed by atoms with van der Waals surface area (Å²) in [4.78, 5) is 15.2. The molecule has 2 aromatic rings. The molecule has 0 atom stereocenters. The van der Waals surface area contributed by atoms with Crippen LogP contribution in [-0.2, 0) is 4.79 Å². The third-order valence-corrected chi connectivity index (χ3v) is 2.85. The minimum Gasteiger partial charge on any atom is -0.340 e. The summed E-state index contributed by atoms with van der Waals surface area (Å²) >= 11 is 0. The van der Waals surface area contributed by atoms with Gasteiger partial charge in [0, 0.05) is 12.3 Å². The summed E-state index contributed by atoms with van der Waals surface area (Å²) in [5, 5.41) is 2.75. The molecule has 1 aromatic heterocycles. The second-order valence-corrected chi connectivity index (χ2v) is 4.63. The Hall–Kier alpha value is -2.63. The van der Waals surface area contributed by atoms with Gasteiger partial charge in [0.15, 0.2) is 0 Å². The van der Waals surface area contributed by atoms with E-state index in [9.17, 15) is 18.0 Å². The minimum absolute atomic E-state index is 0.0426. The Morgan fingerprint density at radius 2 is 1.82 bits per heavy atom. The fourth-order valence-corrected chi connectivity index (χ4v) is 1.71. The molecule has 0 fully saturated rings. The van der Waals surface area contributed by atoms with Crippen LogP contribution in [0.5, 0.6) is 0 Å². The van der Waals surface area contributed by atoms with Crippen molar-refractivity contribution in [2.45, 2.75) is 13.1 Å². The lowest BCUT2D eigenvalue weighted by atomic mass is 10.1. The van der Waals surface area contributed by atoms with Crippen molar-refractivity contribution in [2.75, 3.05) is 5.32 Å². The number of carbonyl (C=O) groups excluding carboxylic acids is 1. The lowest BCUT2D eigenvalue weighted by molar-refractivity contribution is -0.165. The van der Waals surface area contributed by atoms with Crippen LogP contribution in [0.4, 0.5) is 19.0 Å². The summed E-state index contributed by atoms with van der Waals surface area (Å²) in [6.45, 7) is 1.86. The first kappa shape index (κ1) is 15.8. The molecular weight excluding hydrogens is 293 g/mol. The number of carbonyl (C=O) groups is 1. The van der Waals surface area contributed by atoms with Crippen LogP contribution in [0.25, 0.3) is 5.70 Å². The van der Waals surface area contributed by atoms with Gasteiger partial charge >= 0.3 is 6.18 Å². The number of allylic oxidation sites excluding steroid dienone is 1. The van der Waals surface area contributed by atoms with E-state index in [0.717, 1.165) is 5.56 Å². The molecule has 0 aliphatic heterocycles. The van der Waals surface area contributed by atoms with E-state index in [-0.39, 0.29) is 5.70 Å². The van der Waals surface area contributed by atoms with Crippen molar-refractivity contribution in [1.82, 2.24) is 4.98 Å². The summed E-state index contributed by atoms with van der Waals surface area (Å²) in [6, 6.07) is 11.7. The number of hydrogen-bond acceptors (Lipinski definition) is 3. The van der Waals surface area contributed by atoms with E-state index in [1.807, 2.05) is 6.92 Å². The molecule has 0 aliphatic rings. The van der Waals surface area contributed by atoms with Crippen molar-refractivity contribution < 1.29 is 18.0 Å². The SMILES string of the molecule is Cc1ccc(/C(=C\C(=O)C(F)(F)F)Nc2ccccn2)cc1. The highest BCUT2D eigenvalue weighted by atomic mass is 19.4. The topological polar surface area (TPSA) is 42.0 Å². The Balaban J connectivity index is 2.38. The zero-order chi connectivity index (χ0) is 16.2. The molecule has 22 heavy (non-hydrogen) atoms. The molecule has 1 aromatic carbocycles. The molecule has 0 amide bonds. The number of aromatic nitrogens is 1. The summed E-state index contributed by atoms with van der Waals surface area (Å²) in [7, 11) is 0. The molecule has 2 rings (SSSR count). The smallest absolute Gasteiger partial charge is 0.340 e. The molecule has 114 valence electrons. The Morgan fingerprint density at radius 1 is 1.14 bits per heavy atom. The van der Waals surface area contributed by atoms with E-state index in [1.165, 1.54) is 6.20 Å². The van der Waals surface area contributed by atoms with Crippen LogP contribution in [0.3, 0.4) is 0 Å². The van der Waals surface area contributed by atoms with Gasteiger partial charge in [0.05, 0.1) is 5.70 Å². The number of pyridine rings is 1. The number of halogens is 3. The monoisotopic (exact) mass is 306 g/mol. The molecule has 0 saturated heterocycles. The van der Waals surface area contributed by atoms with E-state index in [0.29, 0.717) is 17.5 Å². The summed E-state index contributed by atoms with van der Waals surface area (Å²) in [5.74, 6) is -1.57. The molecule has 1 N–H and O–H groups in total.